The van der Waals surface area contributed by atoms with Gasteiger partial charge in [-0.05, 0) is 24.3 Å². The van der Waals surface area contributed by atoms with Crippen LogP contribution in [-0.4, -0.2) is 31.2 Å². The molecule has 1 aliphatic heterocycles. The molecule has 1 aromatic heterocycles. The summed E-state index contributed by atoms with van der Waals surface area (Å²) in [5.41, 5.74) is 5.50. The highest BCUT2D eigenvalue weighted by atomic mass is 32.1. The lowest BCUT2D eigenvalue weighted by atomic mass is 9.91. The Morgan fingerprint density at radius 3 is 2.95 bits per heavy atom. The van der Waals surface area contributed by atoms with E-state index in [4.69, 9.17) is 10.5 Å². The molecule has 2 rings (SSSR count). The highest BCUT2D eigenvalue weighted by Crippen LogP contribution is 2.27. The Morgan fingerprint density at radius 1 is 1.58 bits per heavy atom. The molecule has 2 atom stereocenters. The van der Waals surface area contributed by atoms with Gasteiger partial charge >= 0.3 is 0 Å². The van der Waals surface area contributed by atoms with Crippen LogP contribution in [0, 0.1) is 0 Å². The lowest BCUT2D eigenvalue weighted by Gasteiger charge is -2.24. The summed E-state index contributed by atoms with van der Waals surface area (Å²) >= 11 is 1.72. The van der Waals surface area contributed by atoms with Crippen molar-refractivity contribution in [2.45, 2.75) is 44.3 Å². The smallest absolute Gasteiger partial charge is 0.249 e. The fraction of sp³-hybridized carbons (Fsp3) is 0.643. The van der Waals surface area contributed by atoms with Gasteiger partial charge in [0.15, 0.2) is 0 Å². The van der Waals surface area contributed by atoms with Gasteiger partial charge in [0.25, 0.3) is 0 Å². The average Bonchev–Trinajstić information content (AvgIpc) is 3.06. The molecule has 19 heavy (non-hydrogen) atoms. The van der Waals surface area contributed by atoms with Crippen molar-refractivity contribution in [3.05, 3.63) is 22.4 Å². The van der Waals surface area contributed by atoms with Gasteiger partial charge in [-0.15, -0.1) is 11.3 Å². The molecule has 0 aromatic carbocycles. The van der Waals surface area contributed by atoms with Gasteiger partial charge in [-0.1, -0.05) is 19.9 Å². The maximum atomic E-state index is 12.0. The lowest BCUT2D eigenvalue weighted by molar-refractivity contribution is -0.132. The van der Waals surface area contributed by atoms with E-state index in [0.29, 0.717) is 13.1 Å². The molecule has 2 unspecified atom stereocenters. The van der Waals surface area contributed by atoms with Crippen LogP contribution in [0.4, 0.5) is 0 Å². The second kappa shape index (κ2) is 6.03. The standard InChI is InChI=1S/C14H22N2O2S/c1-14(2,12-4-3-7-19-12)9-16-13(17)11-6-5-10(8-15)18-11/h3-4,7,10-11H,5-6,8-9,15H2,1-2H3,(H,16,17). The molecule has 0 aliphatic carbocycles. The number of carbonyl (C=O) groups is 1. The van der Waals surface area contributed by atoms with Crippen molar-refractivity contribution in [1.29, 1.82) is 0 Å². The largest absolute Gasteiger partial charge is 0.364 e. The van der Waals surface area contributed by atoms with Crippen LogP contribution in [0.3, 0.4) is 0 Å². The van der Waals surface area contributed by atoms with Crippen LogP contribution >= 0.6 is 11.3 Å². The van der Waals surface area contributed by atoms with E-state index in [0.717, 1.165) is 12.8 Å². The van der Waals surface area contributed by atoms with Crippen molar-refractivity contribution < 1.29 is 9.53 Å². The van der Waals surface area contributed by atoms with Crippen LogP contribution < -0.4 is 11.1 Å². The van der Waals surface area contributed by atoms with Crippen LogP contribution in [0.25, 0.3) is 0 Å². The summed E-state index contributed by atoms with van der Waals surface area (Å²) in [6.45, 7) is 5.39. The first-order chi connectivity index (χ1) is 9.03. The van der Waals surface area contributed by atoms with Gasteiger partial charge in [0, 0.05) is 23.4 Å². The maximum absolute atomic E-state index is 12.0. The van der Waals surface area contributed by atoms with Crippen LogP contribution in [0.1, 0.15) is 31.6 Å². The zero-order valence-electron chi connectivity index (χ0n) is 11.5. The number of carbonyl (C=O) groups excluding carboxylic acids is 1. The van der Waals surface area contributed by atoms with Crippen molar-refractivity contribution in [3.8, 4) is 0 Å². The number of thiophene rings is 1. The molecule has 1 amide bonds. The number of ether oxygens (including phenoxy) is 1. The summed E-state index contributed by atoms with van der Waals surface area (Å²) in [5, 5.41) is 5.06. The van der Waals surface area contributed by atoms with Gasteiger partial charge < -0.3 is 15.8 Å². The van der Waals surface area contributed by atoms with Gasteiger partial charge in [0.05, 0.1) is 6.10 Å². The summed E-state index contributed by atoms with van der Waals surface area (Å²) in [4.78, 5) is 13.3. The van der Waals surface area contributed by atoms with Crippen LogP contribution in [0.5, 0.6) is 0 Å². The second-order valence-electron chi connectivity index (χ2n) is 5.64. The molecule has 106 valence electrons. The van der Waals surface area contributed by atoms with Gasteiger partial charge in [-0.2, -0.15) is 0 Å². The summed E-state index contributed by atoms with van der Waals surface area (Å²) < 4.78 is 5.59. The molecule has 1 aromatic rings. The summed E-state index contributed by atoms with van der Waals surface area (Å²) in [5.74, 6) is -0.0134. The first-order valence-electron chi connectivity index (χ1n) is 6.70. The van der Waals surface area contributed by atoms with E-state index in [1.165, 1.54) is 4.88 Å². The predicted molar refractivity (Wildman–Crippen MR) is 77.3 cm³/mol. The molecule has 1 aliphatic rings. The zero-order valence-corrected chi connectivity index (χ0v) is 12.3. The second-order valence-corrected chi connectivity index (χ2v) is 6.59. The van der Waals surface area contributed by atoms with E-state index in [2.05, 4.69) is 30.6 Å². The van der Waals surface area contributed by atoms with E-state index in [1.54, 1.807) is 11.3 Å². The molecule has 5 heteroatoms. The summed E-state index contributed by atoms with van der Waals surface area (Å²) in [6, 6.07) is 4.14. The quantitative estimate of drug-likeness (QED) is 0.863. The molecule has 2 heterocycles. The Morgan fingerprint density at radius 2 is 2.37 bits per heavy atom. The minimum atomic E-state index is -0.326. The topological polar surface area (TPSA) is 64.4 Å². The van der Waals surface area contributed by atoms with Gasteiger partial charge in [-0.25, -0.2) is 0 Å². The van der Waals surface area contributed by atoms with Gasteiger partial charge in [0.1, 0.15) is 6.10 Å². The monoisotopic (exact) mass is 282 g/mol. The van der Waals surface area contributed by atoms with Crippen LogP contribution in [0.2, 0.25) is 0 Å². The van der Waals surface area contributed by atoms with Crippen molar-refractivity contribution in [2.75, 3.05) is 13.1 Å². The SMILES string of the molecule is CC(C)(CNC(=O)C1CCC(CN)O1)c1cccs1. The summed E-state index contributed by atoms with van der Waals surface area (Å²) in [7, 11) is 0. The van der Waals surface area contributed by atoms with Gasteiger partial charge in [-0.3, -0.25) is 4.79 Å². The highest BCUT2D eigenvalue weighted by Gasteiger charge is 2.31. The number of nitrogens with one attached hydrogen (secondary N) is 1. The van der Waals surface area contributed by atoms with Crippen LogP contribution in [0.15, 0.2) is 17.5 Å². The molecule has 4 nitrogen and oxygen atoms in total. The molecule has 0 saturated carbocycles. The minimum absolute atomic E-state index is 0.0134. The van der Waals surface area contributed by atoms with Gasteiger partial charge in [0.2, 0.25) is 5.91 Å². The first kappa shape index (κ1) is 14.5. The normalized spacial score (nSPS) is 23.5. The third kappa shape index (κ3) is 3.55. The van der Waals surface area contributed by atoms with Crippen molar-refractivity contribution in [3.63, 3.8) is 0 Å². The number of nitrogens with two attached hydrogens (primary N) is 1. The Labute approximate surface area is 118 Å². The van der Waals surface area contributed by atoms with E-state index in [9.17, 15) is 4.79 Å². The number of rotatable bonds is 5. The molecule has 0 radical (unpaired) electrons. The fourth-order valence-electron chi connectivity index (χ4n) is 2.24. The zero-order chi connectivity index (χ0) is 13.9. The molecule has 3 N–H and O–H groups in total. The van der Waals surface area contributed by atoms with E-state index in [1.807, 2.05) is 6.07 Å². The minimum Gasteiger partial charge on any atom is -0.364 e. The number of hydrogen-bond acceptors (Lipinski definition) is 4. The Hall–Kier alpha value is -0.910. The highest BCUT2D eigenvalue weighted by molar-refractivity contribution is 7.10. The Bertz CT molecular complexity index is 417. The van der Waals surface area contributed by atoms with Crippen LogP contribution in [-0.2, 0) is 14.9 Å². The molecule has 0 spiro atoms. The van der Waals surface area contributed by atoms with E-state index in [-0.39, 0.29) is 23.5 Å². The van der Waals surface area contributed by atoms with Crippen molar-refractivity contribution in [1.82, 2.24) is 5.32 Å². The number of amides is 1. The molecular formula is C14H22N2O2S. The average molecular weight is 282 g/mol. The first-order valence-corrected chi connectivity index (χ1v) is 7.58. The maximum Gasteiger partial charge on any atom is 0.249 e. The summed E-state index contributed by atoms with van der Waals surface area (Å²) in [6.07, 6.45) is 1.37. The van der Waals surface area contributed by atoms with E-state index >= 15 is 0 Å². The molecule has 1 fully saturated rings. The van der Waals surface area contributed by atoms with Crippen molar-refractivity contribution >= 4 is 17.2 Å². The third-order valence-corrected chi connectivity index (χ3v) is 4.79. The molecular weight excluding hydrogens is 260 g/mol. The fourth-order valence-corrected chi connectivity index (χ4v) is 3.10. The molecule has 0 bridgehead atoms. The predicted octanol–water partition coefficient (Wildman–Crippen LogP) is 1.65. The third-order valence-electron chi connectivity index (χ3n) is 3.56. The Kier molecular flexibility index (Phi) is 4.60. The van der Waals surface area contributed by atoms with E-state index < -0.39 is 0 Å². The molecule has 1 saturated heterocycles. The van der Waals surface area contributed by atoms with Crippen molar-refractivity contribution in [2.24, 2.45) is 5.73 Å². The Balaban J connectivity index is 1.84. The number of hydrogen-bond donors (Lipinski definition) is 2. The lowest BCUT2D eigenvalue weighted by Crippen LogP contribution is -2.41.